The minimum atomic E-state index is -3.87. The van der Waals surface area contributed by atoms with Crippen LogP contribution >= 0.6 is 15.9 Å². The Morgan fingerprint density at radius 2 is 2.00 bits per heavy atom. The number of benzene rings is 1. The third-order valence-corrected chi connectivity index (χ3v) is 4.87. The maximum absolute atomic E-state index is 12.3. The number of anilines is 1. The number of carbonyl (C=O) groups is 1. The summed E-state index contributed by atoms with van der Waals surface area (Å²) in [5.74, 6) is -1.12. The number of fused-ring (bicyclic) bond motifs is 1. The predicted octanol–water partition coefficient (Wildman–Crippen LogP) is 2.13. The van der Waals surface area contributed by atoms with Crippen LogP contribution in [0, 0.1) is 0 Å². The van der Waals surface area contributed by atoms with Crippen molar-refractivity contribution in [3.8, 4) is 0 Å². The van der Waals surface area contributed by atoms with Gasteiger partial charge in [-0.05, 0) is 40.2 Å². The van der Waals surface area contributed by atoms with Gasteiger partial charge in [-0.2, -0.15) is 0 Å². The van der Waals surface area contributed by atoms with Gasteiger partial charge in [-0.25, -0.2) is 18.4 Å². The van der Waals surface area contributed by atoms with Gasteiger partial charge in [0.05, 0.1) is 11.0 Å². The van der Waals surface area contributed by atoms with E-state index < -0.39 is 21.5 Å². The first kappa shape index (κ1) is 15.6. The van der Waals surface area contributed by atoms with Crippen LogP contribution in [0.25, 0.3) is 11.0 Å². The van der Waals surface area contributed by atoms with E-state index in [9.17, 15) is 13.2 Å². The first-order valence-corrected chi connectivity index (χ1v) is 8.97. The summed E-state index contributed by atoms with van der Waals surface area (Å²) in [6, 6.07) is 10.2. The number of aromatic amines is 1. The quantitative estimate of drug-likeness (QED) is 0.704. The molecule has 23 heavy (non-hydrogen) atoms. The average Bonchev–Trinajstić information content (AvgIpc) is 2.94. The molecule has 0 saturated carbocycles. The van der Waals surface area contributed by atoms with Crippen LogP contribution in [-0.4, -0.2) is 35.0 Å². The minimum Gasteiger partial charge on any atom is -0.329 e. The molecule has 3 rings (SSSR count). The van der Waals surface area contributed by atoms with E-state index in [0.29, 0.717) is 11.0 Å². The van der Waals surface area contributed by atoms with Crippen LogP contribution in [0.4, 0.5) is 5.82 Å². The first-order valence-electron chi connectivity index (χ1n) is 6.53. The molecule has 0 unspecified atom stereocenters. The number of halogens is 1. The molecule has 2 heterocycles. The molecule has 9 heteroatoms. The number of aromatic nitrogens is 3. The summed E-state index contributed by atoms with van der Waals surface area (Å²) in [6.45, 7) is 0. The number of hydrogen-bond acceptors (Lipinski definition) is 5. The number of imidazole rings is 1. The van der Waals surface area contributed by atoms with Gasteiger partial charge in [-0.1, -0.05) is 12.1 Å². The van der Waals surface area contributed by atoms with Crippen molar-refractivity contribution < 1.29 is 13.2 Å². The highest BCUT2D eigenvalue weighted by atomic mass is 79.9. The number of sulfone groups is 1. The van der Waals surface area contributed by atoms with E-state index in [0.717, 1.165) is 4.47 Å². The van der Waals surface area contributed by atoms with Gasteiger partial charge in [0, 0.05) is 10.7 Å². The number of carbonyl (C=O) groups excluding carboxylic acids is 1. The van der Waals surface area contributed by atoms with Crippen molar-refractivity contribution >= 4 is 48.5 Å². The lowest BCUT2D eigenvalue weighted by atomic mass is 10.3. The Labute approximate surface area is 140 Å². The lowest BCUT2D eigenvalue weighted by Crippen LogP contribution is -2.24. The van der Waals surface area contributed by atoms with E-state index in [1.807, 2.05) is 0 Å². The van der Waals surface area contributed by atoms with Crippen molar-refractivity contribution in [1.29, 1.82) is 0 Å². The third-order valence-electron chi connectivity index (χ3n) is 2.98. The number of hydrogen-bond donors (Lipinski definition) is 2. The number of nitrogens with zero attached hydrogens (tertiary/aromatic N) is 2. The van der Waals surface area contributed by atoms with Crippen molar-refractivity contribution in [1.82, 2.24) is 15.0 Å². The van der Waals surface area contributed by atoms with Gasteiger partial charge in [-0.3, -0.25) is 4.79 Å². The fourth-order valence-electron chi connectivity index (χ4n) is 1.95. The Hall–Kier alpha value is -2.26. The summed E-state index contributed by atoms with van der Waals surface area (Å²) in [7, 11) is -3.87. The molecule has 0 aliphatic rings. The number of amides is 1. The number of para-hydroxylation sites is 2. The summed E-state index contributed by atoms with van der Waals surface area (Å²) >= 11 is 3.22. The van der Waals surface area contributed by atoms with Gasteiger partial charge >= 0.3 is 0 Å². The summed E-state index contributed by atoms with van der Waals surface area (Å²) in [6.07, 6.45) is 1.50. The van der Waals surface area contributed by atoms with E-state index in [2.05, 4.69) is 36.2 Å². The molecular formula is C14H11BrN4O3S. The number of H-pyrrole nitrogens is 1. The van der Waals surface area contributed by atoms with Gasteiger partial charge in [-0.15, -0.1) is 0 Å². The lowest BCUT2D eigenvalue weighted by molar-refractivity contribution is -0.113. The van der Waals surface area contributed by atoms with Gasteiger partial charge in [0.1, 0.15) is 11.6 Å². The number of nitrogens with one attached hydrogen (secondary N) is 2. The molecule has 1 amide bonds. The van der Waals surface area contributed by atoms with E-state index in [1.54, 1.807) is 36.4 Å². The second-order valence-electron chi connectivity index (χ2n) is 4.73. The summed E-state index contributed by atoms with van der Waals surface area (Å²) in [4.78, 5) is 22.6. The van der Waals surface area contributed by atoms with E-state index in [4.69, 9.17) is 0 Å². The van der Waals surface area contributed by atoms with Gasteiger partial charge in [0.15, 0.2) is 0 Å². The van der Waals surface area contributed by atoms with Crippen LogP contribution in [-0.2, 0) is 14.6 Å². The van der Waals surface area contributed by atoms with Gasteiger partial charge < -0.3 is 10.3 Å². The highest BCUT2D eigenvalue weighted by molar-refractivity contribution is 9.10. The largest absolute Gasteiger partial charge is 0.329 e. The van der Waals surface area contributed by atoms with Crippen LogP contribution < -0.4 is 5.32 Å². The van der Waals surface area contributed by atoms with Crippen molar-refractivity contribution in [2.45, 2.75) is 5.16 Å². The molecule has 0 aliphatic heterocycles. The minimum absolute atomic E-state index is 0.224. The standard InChI is InChI=1S/C14H11BrN4O3S/c15-9-5-6-12(16-7-9)19-13(20)8-23(21,22)14-17-10-3-1-2-4-11(10)18-14/h1-7H,8H2,(H,17,18)(H,16,19,20). The highest BCUT2D eigenvalue weighted by Crippen LogP contribution is 2.15. The molecule has 0 aliphatic carbocycles. The zero-order chi connectivity index (χ0) is 16.4. The number of pyridine rings is 1. The van der Waals surface area contributed by atoms with E-state index in [-0.39, 0.29) is 11.0 Å². The van der Waals surface area contributed by atoms with Gasteiger partial charge in [0.2, 0.25) is 20.9 Å². The molecule has 0 bridgehead atoms. The zero-order valence-corrected chi connectivity index (χ0v) is 14.1. The molecule has 0 atom stereocenters. The van der Waals surface area contributed by atoms with Gasteiger partial charge in [0.25, 0.3) is 0 Å². The fraction of sp³-hybridized carbons (Fsp3) is 0.0714. The molecule has 0 spiro atoms. The molecule has 2 aromatic heterocycles. The monoisotopic (exact) mass is 394 g/mol. The summed E-state index contributed by atoms with van der Waals surface area (Å²) < 4.78 is 25.3. The third kappa shape index (κ3) is 3.57. The molecule has 1 aromatic carbocycles. The Morgan fingerprint density at radius 1 is 1.22 bits per heavy atom. The normalized spacial score (nSPS) is 11.5. The van der Waals surface area contributed by atoms with Crippen LogP contribution in [0.2, 0.25) is 0 Å². The molecule has 7 nitrogen and oxygen atoms in total. The van der Waals surface area contributed by atoms with Crippen molar-refractivity contribution in [2.24, 2.45) is 0 Å². The molecule has 2 N–H and O–H groups in total. The van der Waals surface area contributed by atoms with Crippen LogP contribution in [0.3, 0.4) is 0 Å². The Bertz CT molecular complexity index is 934. The average molecular weight is 395 g/mol. The van der Waals surface area contributed by atoms with E-state index >= 15 is 0 Å². The Kier molecular flexibility index (Phi) is 4.14. The molecule has 0 saturated heterocycles. The van der Waals surface area contributed by atoms with Crippen molar-refractivity contribution in [3.63, 3.8) is 0 Å². The molecule has 0 radical (unpaired) electrons. The fourth-order valence-corrected chi connectivity index (χ4v) is 3.24. The zero-order valence-electron chi connectivity index (χ0n) is 11.7. The highest BCUT2D eigenvalue weighted by Gasteiger charge is 2.23. The number of rotatable bonds is 4. The van der Waals surface area contributed by atoms with E-state index in [1.165, 1.54) is 6.20 Å². The Balaban J connectivity index is 1.77. The van der Waals surface area contributed by atoms with Crippen LogP contribution in [0.1, 0.15) is 0 Å². The summed E-state index contributed by atoms with van der Waals surface area (Å²) in [5, 5.41) is 2.21. The molecule has 118 valence electrons. The molecule has 3 aromatic rings. The smallest absolute Gasteiger partial charge is 0.241 e. The maximum atomic E-state index is 12.3. The molecule has 0 fully saturated rings. The second-order valence-corrected chi connectivity index (χ2v) is 7.55. The predicted molar refractivity (Wildman–Crippen MR) is 88.7 cm³/mol. The first-order chi connectivity index (χ1) is 10.9. The second kappa shape index (κ2) is 6.09. The lowest BCUT2D eigenvalue weighted by Gasteiger charge is -2.04. The van der Waals surface area contributed by atoms with Crippen molar-refractivity contribution in [3.05, 3.63) is 47.1 Å². The topological polar surface area (TPSA) is 105 Å². The Morgan fingerprint density at radius 3 is 2.70 bits per heavy atom. The SMILES string of the molecule is O=C(CS(=O)(=O)c1nc2ccccc2[nH]1)Nc1ccc(Br)cn1. The van der Waals surface area contributed by atoms with Crippen LogP contribution in [0.15, 0.2) is 52.2 Å². The maximum Gasteiger partial charge on any atom is 0.241 e. The summed E-state index contributed by atoms with van der Waals surface area (Å²) in [5.41, 5.74) is 1.13. The van der Waals surface area contributed by atoms with Crippen molar-refractivity contribution in [2.75, 3.05) is 11.1 Å². The molecular weight excluding hydrogens is 384 g/mol. The van der Waals surface area contributed by atoms with Crippen LogP contribution in [0.5, 0.6) is 0 Å².